The summed E-state index contributed by atoms with van der Waals surface area (Å²) >= 11 is 0. The lowest BCUT2D eigenvalue weighted by molar-refractivity contribution is -0.129. The molecule has 1 N–H and O–H groups in total. The van der Waals surface area contributed by atoms with Gasteiger partial charge in [0.15, 0.2) is 0 Å². The predicted molar refractivity (Wildman–Crippen MR) is 94.5 cm³/mol. The SMILES string of the molecule is CC(=O)N(CCNS(=O)(=O)c1ccc(OC(C)C)cc1)CC(C)C. The van der Waals surface area contributed by atoms with Gasteiger partial charge in [-0.05, 0) is 44.0 Å². The molecule has 6 nitrogen and oxygen atoms in total. The van der Waals surface area contributed by atoms with E-state index >= 15 is 0 Å². The molecule has 0 saturated heterocycles. The van der Waals surface area contributed by atoms with Crippen LogP contribution in [0.4, 0.5) is 0 Å². The van der Waals surface area contributed by atoms with E-state index in [4.69, 9.17) is 4.74 Å². The molecule has 0 aromatic heterocycles. The summed E-state index contributed by atoms with van der Waals surface area (Å²) in [5.74, 6) is 0.903. The van der Waals surface area contributed by atoms with E-state index in [0.717, 1.165) is 0 Å². The summed E-state index contributed by atoms with van der Waals surface area (Å²) in [5, 5.41) is 0. The Morgan fingerprint density at radius 1 is 1.17 bits per heavy atom. The van der Waals surface area contributed by atoms with Crippen molar-refractivity contribution in [3.63, 3.8) is 0 Å². The molecular formula is C17H28N2O4S. The standard InChI is InChI=1S/C17H28N2O4S/c1-13(2)12-19(15(5)20)11-10-18-24(21,22)17-8-6-16(7-9-17)23-14(3)4/h6-9,13-14,18H,10-12H2,1-5H3. The molecule has 1 aromatic carbocycles. The molecule has 0 aliphatic rings. The zero-order chi connectivity index (χ0) is 18.3. The lowest BCUT2D eigenvalue weighted by Crippen LogP contribution is -2.39. The Morgan fingerprint density at radius 2 is 1.75 bits per heavy atom. The Bertz CT molecular complexity index is 624. The molecule has 0 saturated carbocycles. The van der Waals surface area contributed by atoms with Crippen molar-refractivity contribution in [1.29, 1.82) is 0 Å². The Labute approximate surface area is 145 Å². The van der Waals surface area contributed by atoms with Gasteiger partial charge in [0.25, 0.3) is 0 Å². The van der Waals surface area contributed by atoms with Crippen LogP contribution in [0.1, 0.15) is 34.6 Å². The Balaban J connectivity index is 2.64. The van der Waals surface area contributed by atoms with Gasteiger partial charge >= 0.3 is 0 Å². The first-order valence-electron chi connectivity index (χ1n) is 8.13. The van der Waals surface area contributed by atoms with Crippen molar-refractivity contribution in [2.75, 3.05) is 19.6 Å². The molecule has 0 aliphatic carbocycles. The molecule has 0 heterocycles. The molecule has 1 aromatic rings. The van der Waals surface area contributed by atoms with E-state index in [2.05, 4.69) is 4.72 Å². The van der Waals surface area contributed by atoms with Crippen LogP contribution in [-0.4, -0.2) is 45.0 Å². The van der Waals surface area contributed by atoms with Gasteiger partial charge in [-0.1, -0.05) is 13.8 Å². The molecule has 0 radical (unpaired) electrons. The fraction of sp³-hybridized carbons (Fsp3) is 0.588. The second kappa shape index (κ2) is 9.03. The van der Waals surface area contributed by atoms with Crippen molar-refractivity contribution >= 4 is 15.9 Å². The molecule has 1 amide bonds. The summed E-state index contributed by atoms with van der Waals surface area (Å²) in [7, 11) is -3.60. The van der Waals surface area contributed by atoms with Crippen LogP contribution in [-0.2, 0) is 14.8 Å². The summed E-state index contributed by atoms with van der Waals surface area (Å²) < 4.78 is 32.6. The molecule has 0 atom stereocenters. The van der Waals surface area contributed by atoms with Gasteiger partial charge in [-0.25, -0.2) is 13.1 Å². The van der Waals surface area contributed by atoms with Gasteiger partial charge in [-0.2, -0.15) is 0 Å². The second-order valence-corrected chi connectivity index (χ2v) is 8.16. The molecule has 0 unspecified atom stereocenters. The third-order valence-corrected chi connectivity index (χ3v) is 4.69. The zero-order valence-electron chi connectivity index (χ0n) is 15.1. The highest BCUT2D eigenvalue weighted by molar-refractivity contribution is 7.89. The Morgan fingerprint density at radius 3 is 2.21 bits per heavy atom. The van der Waals surface area contributed by atoms with Gasteiger partial charge in [0.1, 0.15) is 5.75 Å². The van der Waals surface area contributed by atoms with E-state index < -0.39 is 10.0 Å². The van der Waals surface area contributed by atoms with Crippen LogP contribution in [0.25, 0.3) is 0 Å². The number of carbonyl (C=O) groups is 1. The van der Waals surface area contributed by atoms with Gasteiger partial charge in [0.05, 0.1) is 11.0 Å². The van der Waals surface area contributed by atoms with E-state index in [9.17, 15) is 13.2 Å². The second-order valence-electron chi connectivity index (χ2n) is 6.39. The first kappa shape index (κ1) is 20.4. The average Bonchev–Trinajstić information content (AvgIpc) is 2.45. The van der Waals surface area contributed by atoms with Gasteiger partial charge < -0.3 is 9.64 Å². The maximum Gasteiger partial charge on any atom is 0.240 e. The number of carbonyl (C=O) groups excluding carboxylic acids is 1. The van der Waals surface area contributed by atoms with Crippen molar-refractivity contribution in [2.45, 2.75) is 45.6 Å². The van der Waals surface area contributed by atoms with Gasteiger partial charge in [0, 0.05) is 26.6 Å². The molecule has 24 heavy (non-hydrogen) atoms. The van der Waals surface area contributed by atoms with E-state index in [-0.39, 0.29) is 23.5 Å². The number of rotatable bonds is 9. The monoisotopic (exact) mass is 356 g/mol. The summed E-state index contributed by atoms with van der Waals surface area (Å²) in [6, 6.07) is 6.29. The number of nitrogens with one attached hydrogen (secondary N) is 1. The number of nitrogens with zero attached hydrogens (tertiary/aromatic N) is 1. The van der Waals surface area contributed by atoms with Crippen LogP contribution >= 0.6 is 0 Å². The van der Waals surface area contributed by atoms with Crippen LogP contribution in [0.5, 0.6) is 5.75 Å². The minimum absolute atomic E-state index is 0.0316. The van der Waals surface area contributed by atoms with Crippen LogP contribution < -0.4 is 9.46 Å². The molecule has 1 rings (SSSR count). The molecular weight excluding hydrogens is 328 g/mol. The highest BCUT2D eigenvalue weighted by Gasteiger charge is 2.16. The third-order valence-electron chi connectivity index (χ3n) is 3.21. The maximum atomic E-state index is 12.3. The topological polar surface area (TPSA) is 75.7 Å². The fourth-order valence-corrected chi connectivity index (χ4v) is 3.21. The number of sulfonamides is 1. The first-order chi connectivity index (χ1) is 11.1. The van der Waals surface area contributed by atoms with E-state index in [1.807, 2.05) is 27.7 Å². The van der Waals surface area contributed by atoms with Crippen LogP contribution in [0.15, 0.2) is 29.2 Å². The molecule has 0 bridgehead atoms. The summed E-state index contributed by atoms with van der Waals surface area (Å²) in [5.41, 5.74) is 0. The molecule has 0 spiro atoms. The van der Waals surface area contributed by atoms with Crippen molar-refractivity contribution in [3.8, 4) is 5.75 Å². The number of amides is 1. The van der Waals surface area contributed by atoms with Crippen molar-refractivity contribution in [2.24, 2.45) is 5.92 Å². The maximum absolute atomic E-state index is 12.3. The third kappa shape index (κ3) is 6.88. The summed E-state index contributed by atoms with van der Waals surface area (Å²) in [4.78, 5) is 13.4. The zero-order valence-corrected chi connectivity index (χ0v) is 15.9. The van der Waals surface area contributed by atoms with Crippen LogP contribution in [0.3, 0.4) is 0 Å². The normalized spacial score (nSPS) is 11.8. The van der Waals surface area contributed by atoms with Crippen LogP contribution in [0, 0.1) is 5.92 Å². The summed E-state index contributed by atoms with van der Waals surface area (Å²) in [6.07, 6.45) is 0.0316. The molecule has 0 aliphatic heterocycles. The lowest BCUT2D eigenvalue weighted by atomic mass is 10.2. The van der Waals surface area contributed by atoms with Crippen molar-refractivity contribution in [3.05, 3.63) is 24.3 Å². The van der Waals surface area contributed by atoms with E-state index in [0.29, 0.717) is 24.8 Å². The van der Waals surface area contributed by atoms with Gasteiger partial charge in [-0.3, -0.25) is 4.79 Å². The van der Waals surface area contributed by atoms with E-state index in [1.54, 1.807) is 17.0 Å². The number of ether oxygens (including phenoxy) is 1. The molecule has 0 fully saturated rings. The first-order valence-corrected chi connectivity index (χ1v) is 9.62. The smallest absolute Gasteiger partial charge is 0.240 e. The number of hydrogen-bond donors (Lipinski definition) is 1. The average molecular weight is 356 g/mol. The summed E-state index contributed by atoms with van der Waals surface area (Å²) in [6.45, 7) is 10.5. The van der Waals surface area contributed by atoms with E-state index in [1.165, 1.54) is 19.1 Å². The van der Waals surface area contributed by atoms with Crippen LogP contribution in [0.2, 0.25) is 0 Å². The fourth-order valence-electron chi connectivity index (χ4n) is 2.19. The Hall–Kier alpha value is -1.60. The predicted octanol–water partition coefficient (Wildman–Crippen LogP) is 2.26. The van der Waals surface area contributed by atoms with Gasteiger partial charge in [0.2, 0.25) is 15.9 Å². The number of benzene rings is 1. The lowest BCUT2D eigenvalue weighted by Gasteiger charge is -2.23. The highest BCUT2D eigenvalue weighted by Crippen LogP contribution is 2.16. The largest absolute Gasteiger partial charge is 0.491 e. The van der Waals surface area contributed by atoms with Crippen molar-refractivity contribution in [1.82, 2.24) is 9.62 Å². The Kier molecular flexibility index (Phi) is 7.69. The van der Waals surface area contributed by atoms with Gasteiger partial charge in [-0.15, -0.1) is 0 Å². The number of hydrogen-bond acceptors (Lipinski definition) is 4. The minimum Gasteiger partial charge on any atom is -0.491 e. The minimum atomic E-state index is -3.60. The van der Waals surface area contributed by atoms with Crippen molar-refractivity contribution < 1.29 is 17.9 Å². The quantitative estimate of drug-likeness (QED) is 0.736. The molecule has 7 heteroatoms. The molecule has 136 valence electrons. The highest BCUT2D eigenvalue weighted by atomic mass is 32.2.